The van der Waals surface area contributed by atoms with Gasteiger partial charge in [0.2, 0.25) is 0 Å². The van der Waals surface area contributed by atoms with Crippen molar-refractivity contribution in [2.45, 2.75) is 20.8 Å². The Labute approximate surface area is 60.7 Å². The van der Waals surface area contributed by atoms with Gasteiger partial charge in [-0.25, -0.2) is 4.39 Å². The lowest BCUT2D eigenvalue weighted by Gasteiger charge is -2.19. The van der Waals surface area contributed by atoms with Crippen LogP contribution in [0, 0.1) is 5.41 Å². The van der Waals surface area contributed by atoms with E-state index in [1.165, 1.54) is 6.21 Å². The van der Waals surface area contributed by atoms with E-state index in [0.29, 0.717) is 6.54 Å². The van der Waals surface area contributed by atoms with Gasteiger partial charge in [-0.05, 0) is 11.0 Å². The maximum absolute atomic E-state index is 12.8. The normalized spacial score (nSPS) is 18.8. The van der Waals surface area contributed by atoms with Gasteiger partial charge in [-0.1, -0.05) is 20.8 Å². The van der Waals surface area contributed by atoms with Crippen LogP contribution in [0.25, 0.3) is 0 Å². The fraction of sp³-hybridized carbons (Fsp3) is 0.625. The largest absolute Gasteiger partial charge is 0.286 e. The summed E-state index contributed by atoms with van der Waals surface area (Å²) in [5.41, 5.74) is 0.744. The molecule has 0 aliphatic carbocycles. The van der Waals surface area contributed by atoms with E-state index in [-0.39, 0.29) is 11.2 Å². The third-order valence-electron chi connectivity index (χ3n) is 1.65. The molecule has 56 valence electrons. The van der Waals surface area contributed by atoms with Crippen LogP contribution in [-0.2, 0) is 0 Å². The molecule has 0 radical (unpaired) electrons. The molecule has 1 aliphatic rings. The molecule has 0 spiro atoms. The van der Waals surface area contributed by atoms with Crippen molar-refractivity contribution >= 4 is 6.21 Å². The van der Waals surface area contributed by atoms with Gasteiger partial charge in [-0.15, -0.1) is 0 Å². The second-order valence-corrected chi connectivity index (χ2v) is 3.55. The first-order valence-electron chi connectivity index (χ1n) is 3.41. The Morgan fingerprint density at radius 3 is 2.30 bits per heavy atom. The van der Waals surface area contributed by atoms with Crippen molar-refractivity contribution in [1.29, 1.82) is 0 Å². The molecule has 0 saturated carbocycles. The van der Waals surface area contributed by atoms with E-state index in [2.05, 4.69) is 4.99 Å². The molecule has 10 heavy (non-hydrogen) atoms. The lowest BCUT2D eigenvalue weighted by molar-refractivity contribution is 0.478. The topological polar surface area (TPSA) is 12.4 Å². The number of aliphatic imine (C=N–C) groups is 1. The molecule has 0 unspecified atom stereocenters. The summed E-state index contributed by atoms with van der Waals surface area (Å²) in [7, 11) is 0. The Kier molecular flexibility index (Phi) is 1.63. The summed E-state index contributed by atoms with van der Waals surface area (Å²) in [6.45, 7) is 6.53. The molecule has 1 aliphatic heterocycles. The zero-order chi connectivity index (χ0) is 7.78. The van der Waals surface area contributed by atoms with Crippen LogP contribution in [0.4, 0.5) is 4.39 Å². The summed E-state index contributed by atoms with van der Waals surface area (Å²) < 4.78 is 12.8. The van der Waals surface area contributed by atoms with Crippen molar-refractivity contribution in [3.8, 4) is 0 Å². The Bertz CT molecular complexity index is 196. The minimum Gasteiger partial charge on any atom is -0.286 e. The number of allylic oxidation sites excluding steroid dienone is 1. The first-order chi connectivity index (χ1) is 4.52. The van der Waals surface area contributed by atoms with Crippen LogP contribution in [0.3, 0.4) is 0 Å². The third kappa shape index (κ3) is 1.25. The molecular formula is C8H12FN. The monoisotopic (exact) mass is 141 g/mol. The quantitative estimate of drug-likeness (QED) is 0.491. The Morgan fingerprint density at radius 2 is 2.10 bits per heavy atom. The lowest BCUT2D eigenvalue weighted by atomic mass is 9.87. The van der Waals surface area contributed by atoms with Crippen molar-refractivity contribution in [2.24, 2.45) is 10.4 Å². The lowest BCUT2D eigenvalue weighted by Crippen LogP contribution is -2.11. The van der Waals surface area contributed by atoms with Gasteiger partial charge in [0.05, 0.1) is 12.8 Å². The summed E-state index contributed by atoms with van der Waals surface area (Å²) in [6.07, 6.45) is 1.31. The highest BCUT2D eigenvalue weighted by Gasteiger charge is 2.22. The van der Waals surface area contributed by atoms with Crippen LogP contribution >= 0.6 is 0 Å². The standard InChI is InChI=1S/C8H12FN/c1-8(2,3)6-4-10-5-7(6)9/h5H,4H2,1-3H3. The molecule has 1 nitrogen and oxygen atoms in total. The van der Waals surface area contributed by atoms with Gasteiger partial charge in [-0.2, -0.15) is 0 Å². The molecule has 0 saturated heterocycles. The van der Waals surface area contributed by atoms with Crippen LogP contribution in [0.2, 0.25) is 0 Å². The van der Waals surface area contributed by atoms with Gasteiger partial charge in [0.25, 0.3) is 0 Å². The Hall–Kier alpha value is -0.660. The molecule has 1 rings (SSSR count). The molecule has 0 aromatic rings. The van der Waals surface area contributed by atoms with E-state index >= 15 is 0 Å². The highest BCUT2D eigenvalue weighted by molar-refractivity contribution is 5.80. The number of hydrogen-bond donors (Lipinski definition) is 0. The van der Waals surface area contributed by atoms with Gasteiger partial charge in [0.1, 0.15) is 5.83 Å². The molecule has 0 aromatic carbocycles. The first-order valence-corrected chi connectivity index (χ1v) is 3.41. The fourth-order valence-corrected chi connectivity index (χ4v) is 0.966. The third-order valence-corrected chi connectivity index (χ3v) is 1.65. The molecule has 0 fully saturated rings. The van der Waals surface area contributed by atoms with Crippen molar-refractivity contribution in [2.75, 3.05) is 6.54 Å². The molecule has 0 amide bonds. The average molecular weight is 141 g/mol. The molecule has 0 aromatic heterocycles. The molecule has 0 atom stereocenters. The van der Waals surface area contributed by atoms with Gasteiger partial charge in [0.15, 0.2) is 0 Å². The highest BCUT2D eigenvalue weighted by Crippen LogP contribution is 2.30. The van der Waals surface area contributed by atoms with E-state index in [1.54, 1.807) is 0 Å². The second kappa shape index (κ2) is 2.19. The second-order valence-electron chi connectivity index (χ2n) is 3.55. The zero-order valence-electron chi connectivity index (χ0n) is 6.61. The van der Waals surface area contributed by atoms with E-state index in [4.69, 9.17) is 0 Å². The maximum Gasteiger partial charge on any atom is 0.142 e. The van der Waals surface area contributed by atoms with Crippen LogP contribution in [0.15, 0.2) is 16.4 Å². The summed E-state index contributed by atoms with van der Waals surface area (Å²) in [6, 6.07) is 0. The summed E-state index contributed by atoms with van der Waals surface area (Å²) in [4.78, 5) is 3.84. The van der Waals surface area contributed by atoms with Crippen LogP contribution < -0.4 is 0 Å². The Balaban J connectivity index is 2.86. The molecule has 1 heterocycles. The van der Waals surface area contributed by atoms with E-state index in [9.17, 15) is 4.39 Å². The molecule has 0 N–H and O–H groups in total. The number of rotatable bonds is 0. The van der Waals surface area contributed by atoms with Crippen LogP contribution in [-0.4, -0.2) is 12.8 Å². The minimum absolute atomic E-state index is 0.0689. The van der Waals surface area contributed by atoms with Gasteiger partial charge < -0.3 is 0 Å². The first kappa shape index (κ1) is 7.45. The van der Waals surface area contributed by atoms with Crippen molar-refractivity contribution in [1.82, 2.24) is 0 Å². The van der Waals surface area contributed by atoms with Gasteiger partial charge >= 0.3 is 0 Å². The van der Waals surface area contributed by atoms with E-state index in [1.807, 2.05) is 20.8 Å². The Morgan fingerprint density at radius 1 is 1.50 bits per heavy atom. The van der Waals surface area contributed by atoms with Gasteiger partial charge in [0, 0.05) is 0 Å². The highest BCUT2D eigenvalue weighted by atomic mass is 19.1. The molecular weight excluding hydrogens is 129 g/mol. The summed E-state index contributed by atoms with van der Waals surface area (Å²) in [5.74, 6) is -0.146. The number of halogens is 1. The predicted molar refractivity (Wildman–Crippen MR) is 40.9 cm³/mol. The SMILES string of the molecule is CC(C)(C)C1=C(F)C=NC1. The number of nitrogens with zero attached hydrogens (tertiary/aromatic N) is 1. The van der Waals surface area contributed by atoms with Crippen molar-refractivity contribution in [3.05, 3.63) is 11.4 Å². The zero-order valence-corrected chi connectivity index (χ0v) is 6.61. The van der Waals surface area contributed by atoms with Crippen molar-refractivity contribution in [3.63, 3.8) is 0 Å². The minimum atomic E-state index is -0.146. The molecule has 2 heteroatoms. The fourth-order valence-electron chi connectivity index (χ4n) is 0.966. The predicted octanol–water partition coefficient (Wildman–Crippen LogP) is 2.34. The number of hydrogen-bond acceptors (Lipinski definition) is 1. The van der Waals surface area contributed by atoms with E-state index in [0.717, 1.165) is 5.57 Å². The maximum atomic E-state index is 12.8. The average Bonchev–Trinajstić information content (AvgIpc) is 2.11. The van der Waals surface area contributed by atoms with E-state index < -0.39 is 0 Å². The molecule has 0 bridgehead atoms. The van der Waals surface area contributed by atoms with Crippen LogP contribution in [0.5, 0.6) is 0 Å². The smallest absolute Gasteiger partial charge is 0.142 e. The van der Waals surface area contributed by atoms with Gasteiger partial charge in [-0.3, -0.25) is 4.99 Å². The summed E-state index contributed by atoms with van der Waals surface area (Å²) >= 11 is 0. The van der Waals surface area contributed by atoms with Crippen molar-refractivity contribution < 1.29 is 4.39 Å². The van der Waals surface area contributed by atoms with Crippen LogP contribution in [0.1, 0.15) is 20.8 Å². The summed E-state index contributed by atoms with van der Waals surface area (Å²) in [5, 5.41) is 0.